The lowest BCUT2D eigenvalue weighted by Gasteiger charge is -2.32. The van der Waals surface area contributed by atoms with Crippen LogP contribution in [-0.4, -0.2) is 35.7 Å². The zero-order valence-electron chi connectivity index (χ0n) is 10.6. The monoisotopic (exact) mass is 295 g/mol. The van der Waals surface area contributed by atoms with Crippen LogP contribution in [0.4, 0.5) is 18.3 Å². The third-order valence-corrected chi connectivity index (χ3v) is 3.86. The molecule has 19 heavy (non-hydrogen) atoms. The molecule has 1 unspecified atom stereocenters. The van der Waals surface area contributed by atoms with E-state index in [-0.39, 0.29) is 5.92 Å². The minimum atomic E-state index is -4.09. The van der Waals surface area contributed by atoms with Crippen LogP contribution in [0.25, 0.3) is 0 Å². The Kier molecular flexibility index (Phi) is 4.62. The normalized spacial score (nSPS) is 20.8. The molecular weight excluding hydrogens is 279 g/mol. The van der Waals surface area contributed by atoms with Gasteiger partial charge in [0.25, 0.3) is 0 Å². The predicted molar refractivity (Wildman–Crippen MR) is 66.2 cm³/mol. The van der Waals surface area contributed by atoms with Crippen molar-refractivity contribution >= 4 is 16.7 Å². The van der Waals surface area contributed by atoms with Crippen molar-refractivity contribution in [3.8, 4) is 0 Å². The molecule has 1 aliphatic rings. The summed E-state index contributed by atoms with van der Waals surface area (Å²) in [4.78, 5) is 6.18. The molecule has 1 aromatic rings. The minimum Gasteiger partial charge on any atom is -0.377 e. The maximum atomic E-state index is 12.4. The Morgan fingerprint density at radius 1 is 1.47 bits per heavy atom. The van der Waals surface area contributed by atoms with Crippen LogP contribution < -0.4 is 4.90 Å². The first-order valence-corrected chi connectivity index (χ1v) is 6.88. The van der Waals surface area contributed by atoms with Gasteiger partial charge in [0.05, 0.1) is 0 Å². The number of aromatic nitrogens is 2. The summed E-state index contributed by atoms with van der Waals surface area (Å²) in [5, 5.41) is 0.693. The minimum absolute atomic E-state index is 0.330. The zero-order chi connectivity index (χ0) is 13.9. The summed E-state index contributed by atoms with van der Waals surface area (Å²) >= 11 is 1.22. The molecule has 0 saturated carbocycles. The molecule has 0 aromatic carbocycles. The molecule has 1 aliphatic heterocycles. The van der Waals surface area contributed by atoms with E-state index in [0.717, 1.165) is 13.0 Å². The van der Waals surface area contributed by atoms with Gasteiger partial charge in [0.2, 0.25) is 5.13 Å². The predicted octanol–water partition coefficient (Wildman–Crippen LogP) is 2.85. The molecule has 0 bridgehead atoms. The van der Waals surface area contributed by atoms with Gasteiger partial charge >= 0.3 is 6.18 Å². The van der Waals surface area contributed by atoms with E-state index in [9.17, 15) is 13.2 Å². The topological polar surface area (TPSA) is 38.2 Å². The molecular formula is C11H16F3N3OS. The van der Waals surface area contributed by atoms with Crippen LogP contribution in [0.3, 0.4) is 0 Å². The number of rotatable bonds is 4. The van der Waals surface area contributed by atoms with Crippen molar-refractivity contribution in [3.05, 3.63) is 5.82 Å². The van der Waals surface area contributed by atoms with Gasteiger partial charge in [0, 0.05) is 38.2 Å². The molecule has 8 heteroatoms. The highest BCUT2D eigenvalue weighted by Gasteiger charge is 2.34. The first kappa shape index (κ1) is 14.5. The fraction of sp³-hybridized carbons (Fsp3) is 0.818. The standard InChI is InChI=1S/C11H16F3N3OS/c1-18-7-9-15-10(19-16-9)17-4-2-3-8(6-17)5-11(12,13)14/h8H,2-7H2,1H3. The maximum Gasteiger partial charge on any atom is 0.389 e. The molecule has 1 saturated heterocycles. The Hall–Kier alpha value is -0.890. The fourth-order valence-corrected chi connectivity index (χ4v) is 3.00. The van der Waals surface area contributed by atoms with Gasteiger partial charge in [-0.2, -0.15) is 17.5 Å². The van der Waals surface area contributed by atoms with Gasteiger partial charge in [-0.05, 0) is 18.8 Å². The molecule has 1 fully saturated rings. The summed E-state index contributed by atoms with van der Waals surface area (Å²) in [6, 6.07) is 0. The SMILES string of the molecule is COCc1nsc(N2CCCC(CC(F)(F)F)C2)n1. The first-order valence-electron chi connectivity index (χ1n) is 6.11. The van der Waals surface area contributed by atoms with Crippen molar-refractivity contribution in [3.63, 3.8) is 0 Å². The molecule has 1 aromatic heterocycles. The van der Waals surface area contributed by atoms with Crippen LogP contribution in [-0.2, 0) is 11.3 Å². The average molecular weight is 295 g/mol. The molecule has 4 nitrogen and oxygen atoms in total. The molecule has 0 N–H and O–H groups in total. The van der Waals surface area contributed by atoms with Gasteiger partial charge in [-0.3, -0.25) is 0 Å². The summed E-state index contributed by atoms with van der Waals surface area (Å²) < 4.78 is 46.3. The largest absolute Gasteiger partial charge is 0.389 e. The van der Waals surface area contributed by atoms with Crippen LogP contribution in [0.2, 0.25) is 0 Å². The summed E-state index contributed by atoms with van der Waals surface area (Å²) in [7, 11) is 1.56. The van der Waals surface area contributed by atoms with Crippen molar-refractivity contribution in [1.29, 1.82) is 0 Å². The van der Waals surface area contributed by atoms with E-state index in [4.69, 9.17) is 4.74 Å². The molecule has 1 atom stereocenters. The first-order chi connectivity index (χ1) is 8.98. The average Bonchev–Trinajstić information content (AvgIpc) is 2.76. The number of anilines is 1. The zero-order valence-corrected chi connectivity index (χ0v) is 11.4. The smallest absolute Gasteiger partial charge is 0.377 e. The molecule has 108 valence electrons. The lowest BCUT2D eigenvalue weighted by atomic mass is 9.95. The van der Waals surface area contributed by atoms with Crippen molar-refractivity contribution in [2.45, 2.75) is 32.0 Å². The third kappa shape index (κ3) is 4.31. The second-order valence-corrected chi connectivity index (χ2v) is 5.43. The molecule has 2 heterocycles. The van der Waals surface area contributed by atoms with Crippen molar-refractivity contribution in [2.75, 3.05) is 25.1 Å². The highest BCUT2D eigenvalue weighted by atomic mass is 32.1. The quantitative estimate of drug-likeness (QED) is 0.856. The fourth-order valence-electron chi connectivity index (χ4n) is 2.29. The number of alkyl halides is 3. The van der Waals surface area contributed by atoms with E-state index >= 15 is 0 Å². The molecule has 0 radical (unpaired) electrons. The number of piperidine rings is 1. The van der Waals surface area contributed by atoms with Gasteiger partial charge in [0.15, 0.2) is 5.82 Å². The number of hydrogen-bond acceptors (Lipinski definition) is 5. The van der Waals surface area contributed by atoms with E-state index < -0.39 is 12.6 Å². The summed E-state index contributed by atoms with van der Waals surface area (Å²) in [5.41, 5.74) is 0. The Labute approximate surface area is 113 Å². The number of nitrogens with zero attached hydrogens (tertiary/aromatic N) is 3. The van der Waals surface area contributed by atoms with Crippen LogP contribution in [0.15, 0.2) is 0 Å². The number of ether oxygens (including phenoxy) is 1. The lowest BCUT2D eigenvalue weighted by molar-refractivity contribution is -0.144. The van der Waals surface area contributed by atoms with E-state index in [1.807, 2.05) is 4.90 Å². The Bertz CT molecular complexity index is 410. The van der Waals surface area contributed by atoms with E-state index in [0.29, 0.717) is 30.5 Å². The van der Waals surface area contributed by atoms with Crippen LogP contribution in [0.5, 0.6) is 0 Å². The third-order valence-electron chi connectivity index (χ3n) is 3.04. The molecule has 0 amide bonds. The van der Waals surface area contributed by atoms with Gasteiger partial charge in [-0.1, -0.05) is 0 Å². The summed E-state index contributed by atoms with van der Waals surface area (Å²) in [5.74, 6) is 0.240. The van der Waals surface area contributed by atoms with Crippen molar-refractivity contribution in [2.24, 2.45) is 5.92 Å². The maximum absolute atomic E-state index is 12.4. The van der Waals surface area contributed by atoms with Crippen LogP contribution in [0, 0.1) is 5.92 Å². The van der Waals surface area contributed by atoms with Gasteiger partial charge in [-0.15, -0.1) is 0 Å². The highest BCUT2D eigenvalue weighted by molar-refractivity contribution is 7.09. The van der Waals surface area contributed by atoms with Crippen LogP contribution in [0.1, 0.15) is 25.1 Å². The Morgan fingerprint density at radius 2 is 2.26 bits per heavy atom. The van der Waals surface area contributed by atoms with E-state index in [2.05, 4.69) is 9.36 Å². The van der Waals surface area contributed by atoms with E-state index in [1.54, 1.807) is 7.11 Å². The molecule has 0 spiro atoms. The second-order valence-electron chi connectivity index (χ2n) is 4.70. The van der Waals surface area contributed by atoms with Crippen molar-refractivity contribution in [1.82, 2.24) is 9.36 Å². The summed E-state index contributed by atoms with van der Waals surface area (Å²) in [6.07, 6.45) is -3.41. The summed E-state index contributed by atoms with van der Waals surface area (Å²) in [6.45, 7) is 1.48. The molecule has 0 aliphatic carbocycles. The number of methoxy groups -OCH3 is 1. The Balaban J connectivity index is 1.96. The van der Waals surface area contributed by atoms with Crippen molar-refractivity contribution < 1.29 is 17.9 Å². The molecule has 2 rings (SSSR count). The van der Waals surface area contributed by atoms with E-state index in [1.165, 1.54) is 11.5 Å². The Morgan fingerprint density at radius 3 is 2.95 bits per heavy atom. The van der Waals surface area contributed by atoms with Gasteiger partial charge in [0.1, 0.15) is 6.61 Å². The highest BCUT2D eigenvalue weighted by Crippen LogP contribution is 2.32. The number of halogens is 3. The lowest BCUT2D eigenvalue weighted by Crippen LogP contribution is -2.37. The van der Waals surface area contributed by atoms with Crippen LogP contribution >= 0.6 is 11.5 Å². The second kappa shape index (κ2) is 6.04. The number of hydrogen-bond donors (Lipinski definition) is 0. The van der Waals surface area contributed by atoms with Gasteiger partial charge in [-0.25, -0.2) is 4.98 Å². The van der Waals surface area contributed by atoms with Gasteiger partial charge < -0.3 is 9.64 Å².